The summed E-state index contributed by atoms with van der Waals surface area (Å²) in [5.41, 5.74) is 5.56. The molecule has 3 amide bonds. The second-order valence-corrected chi connectivity index (χ2v) is 14.1. The van der Waals surface area contributed by atoms with Gasteiger partial charge in [-0.15, -0.1) is 0 Å². The highest BCUT2D eigenvalue weighted by molar-refractivity contribution is 7.90. The van der Waals surface area contributed by atoms with E-state index in [-0.39, 0.29) is 34.9 Å². The fraction of sp³-hybridized carbons (Fsp3) is 0.562. The van der Waals surface area contributed by atoms with Crippen LogP contribution < -0.4 is 25.1 Å². The summed E-state index contributed by atoms with van der Waals surface area (Å²) in [5, 5.41) is 5.02. The Morgan fingerprint density at radius 1 is 0.977 bits per heavy atom. The van der Waals surface area contributed by atoms with Crippen LogP contribution in [0.4, 0.5) is 10.5 Å². The summed E-state index contributed by atoms with van der Waals surface area (Å²) in [6.45, 7) is 7.69. The SMILES string of the molecule is COc1cc(CC(=O)NC(c2ccccc2N2CCCCC2)C(C)C)ccc1S(=O)(=O)NC(=O)NN1CC2CCCC2C1. The number of carbonyl (C=O) groups is 2. The monoisotopic (exact) mass is 611 g/mol. The van der Waals surface area contributed by atoms with Gasteiger partial charge in [-0.25, -0.2) is 22.9 Å². The van der Waals surface area contributed by atoms with E-state index in [1.807, 2.05) is 12.1 Å². The molecule has 10 nitrogen and oxygen atoms in total. The van der Waals surface area contributed by atoms with Gasteiger partial charge in [-0.3, -0.25) is 10.2 Å². The molecule has 3 atom stereocenters. The molecule has 2 aliphatic heterocycles. The number of carbonyl (C=O) groups excluding carboxylic acids is 2. The molecule has 0 spiro atoms. The minimum Gasteiger partial charge on any atom is -0.495 e. The van der Waals surface area contributed by atoms with Crippen LogP contribution in [0, 0.1) is 17.8 Å². The Hall–Kier alpha value is -3.31. The molecule has 43 heavy (non-hydrogen) atoms. The lowest BCUT2D eigenvalue weighted by Gasteiger charge is -2.34. The lowest BCUT2D eigenvalue weighted by atomic mass is 9.93. The maximum absolute atomic E-state index is 13.3. The summed E-state index contributed by atoms with van der Waals surface area (Å²) < 4.78 is 33.7. The zero-order chi connectivity index (χ0) is 30.6. The Labute approximate surface area is 255 Å². The number of benzene rings is 2. The smallest absolute Gasteiger partial charge is 0.343 e. The van der Waals surface area contributed by atoms with E-state index in [9.17, 15) is 18.0 Å². The van der Waals surface area contributed by atoms with Crippen molar-refractivity contribution in [3.63, 3.8) is 0 Å². The number of hydrazine groups is 1. The number of ether oxygens (including phenoxy) is 1. The van der Waals surface area contributed by atoms with E-state index in [4.69, 9.17) is 4.74 Å². The molecule has 2 saturated heterocycles. The molecule has 0 aromatic heterocycles. The van der Waals surface area contributed by atoms with Crippen LogP contribution in [0.1, 0.15) is 69.5 Å². The number of hydrogen-bond acceptors (Lipinski definition) is 7. The minimum atomic E-state index is -4.21. The molecule has 1 saturated carbocycles. The molecule has 3 fully saturated rings. The van der Waals surface area contributed by atoms with Gasteiger partial charge < -0.3 is 15.0 Å². The first-order valence-electron chi connectivity index (χ1n) is 15.5. The maximum atomic E-state index is 13.3. The molecule has 2 aromatic carbocycles. The first-order valence-corrected chi connectivity index (χ1v) is 17.0. The van der Waals surface area contributed by atoms with E-state index < -0.39 is 16.1 Å². The number of nitrogens with zero attached hydrogens (tertiary/aromatic N) is 2. The summed E-state index contributed by atoms with van der Waals surface area (Å²) in [7, 11) is -2.84. The van der Waals surface area contributed by atoms with E-state index in [0.29, 0.717) is 17.4 Å². The molecule has 11 heteroatoms. The Kier molecular flexibility index (Phi) is 9.81. The molecule has 0 radical (unpaired) electrons. The van der Waals surface area contributed by atoms with E-state index in [1.54, 1.807) is 17.1 Å². The van der Waals surface area contributed by atoms with Crippen molar-refractivity contribution >= 4 is 27.6 Å². The predicted molar refractivity (Wildman–Crippen MR) is 166 cm³/mol. The molecular weight excluding hydrogens is 566 g/mol. The number of anilines is 1. The van der Waals surface area contributed by atoms with Crippen molar-refractivity contribution in [2.75, 3.05) is 38.2 Å². The zero-order valence-electron chi connectivity index (χ0n) is 25.5. The van der Waals surface area contributed by atoms with Crippen molar-refractivity contribution in [2.24, 2.45) is 17.8 Å². The third kappa shape index (κ3) is 7.44. The summed E-state index contributed by atoms with van der Waals surface area (Å²) in [6.07, 6.45) is 7.14. The highest BCUT2D eigenvalue weighted by Crippen LogP contribution is 2.37. The first kappa shape index (κ1) is 31.1. The van der Waals surface area contributed by atoms with Gasteiger partial charge in [0.2, 0.25) is 5.91 Å². The van der Waals surface area contributed by atoms with Crippen molar-refractivity contribution in [1.29, 1.82) is 0 Å². The second kappa shape index (κ2) is 13.5. The van der Waals surface area contributed by atoms with E-state index in [2.05, 4.69) is 46.3 Å². The molecule has 2 aromatic rings. The molecule has 5 rings (SSSR count). The molecule has 3 unspecified atom stereocenters. The van der Waals surface area contributed by atoms with Crippen LogP contribution in [0.25, 0.3) is 0 Å². The number of nitrogens with one attached hydrogen (secondary N) is 3. The number of methoxy groups -OCH3 is 1. The van der Waals surface area contributed by atoms with Crippen molar-refractivity contribution in [1.82, 2.24) is 20.5 Å². The van der Waals surface area contributed by atoms with Crippen LogP contribution in [0.5, 0.6) is 5.75 Å². The number of rotatable bonds is 10. The minimum absolute atomic E-state index is 0.0526. The van der Waals surface area contributed by atoms with Crippen LogP contribution in [0.3, 0.4) is 0 Å². The highest BCUT2D eigenvalue weighted by atomic mass is 32.2. The lowest BCUT2D eigenvalue weighted by molar-refractivity contribution is -0.121. The quantitative estimate of drug-likeness (QED) is 0.365. The standard InChI is InChI=1S/C32H45N5O5S/c1-22(2)31(26-12-5-6-13-27(26)36-16-7-4-8-17-36)33-30(38)19-23-14-15-29(28(18-23)42-3)43(40,41)35-32(39)34-37-20-24-10-9-11-25(24)21-37/h5-6,12-15,18,22,24-25,31H,4,7-11,16-17,19-21H2,1-3H3,(H,33,38)(H2,34,35,39). The average Bonchev–Trinajstić information content (AvgIpc) is 3.58. The van der Waals surface area contributed by atoms with E-state index >= 15 is 0 Å². The molecule has 1 aliphatic carbocycles. The first-order chi connectivity index (χ1) is 20.6. The van der Waals surface area contributed by atoms with Gasteiger partial charge in [0.25, 0.3) is 10.0 Å². The van der Waals surface area contributed by atoms with Crippen LogP contribution in [-0.4, -0.2) is 58.7 Å². The van der Waals surface area contributed by atoms with Crippen molar-refractivity contribution in [2.45, 2.75) is 69.7 Å². The predicted octanol–water partition coefficient (Wildman–Crippen LogP) is 4.38. The summed E-state index contributed by atoms with van der Waals surface area (Å²) in [5.74, 6) is 1.17. The fourth-order valence-corrected chi connectivity index (χ4v) is 7.95. The largest absolute Gasteiger partial charge is 0.495 e. The second-order valence-electron chi connectivity index (χ2n) is 12.5. The third-order valence-corrected chi connectivity index (χ3v) is 10.4. The third-order valence-electron chi connectivity index (χ3n) is 9.05. The van der Waals surface area contributed by atoms with Gasteiger partial charge in [-0.05, 0) is 79.2 Å². The fourth-order valence-electron chi connectivity index (χ4n) is 6.90. The number of urea groups is 1. The van der Waals surface area contributed by atoms with Gasteiger partial charge in [-0.1, -0.05) is 44.5 Å². The number of hydrogen-bond donors (Lipinski definition) is 3. The van der Waals surface area contributed by atoms with Gasteiger partial charge in [0.1, 0.15) is 10.6 Å². The number of piperidine rings is 1. The van der Waals surface area contributed by atoms with Crippen LogP contribution in [0.15, 0.2) is 47.4 Å². The van der Waals surface area contributed by atoms with Gasteiger partial charge in [0.15, 0.2) is 0 Å². The number of para-hydroxylation sites is 1. The van der Waals surface area contributed by atoms with Crippen molar-refractivity contribution in [3.8, 4) is 5.75 Å². The Morgan fingerprint density at radius 2 is 1.67 bits per heavy atom. The summed E-state index contributed by atoms with van der Waals surface area (Å²) in [6, 6.07) is 11.8. The van der Waals surface area contributed by atoms with Crippen LogP contribution >= 0.6 is 0 Å². The van der Waals surface area contributed by atoms with E-state index in [1.165, 1.54) is 44.5 Å². The molecule has 3 N–H and O–H groups in total. The number of fused-ring (bicyclic) bond motifs is 1. The lowest BCUT2D eigenvalue weighted by Crippen LogP contribution is -2.48. The molecule has 234 valence electrons. The normalized spacial score (nSPS) is 21.3. The molecule has 2 heterocycles. The van der Waals surface area contributed by atoms with Gasteiger partial charge in [0.05, 0.1) is 19.6 Å². The molecule has 0 bridgehead atoms. The van der Waals surface area contributed by atoms with Gasteiger partial charge in [-0.2, -0.15) is 0 Å². The van der Waals surface area contributed by atoms with Crippen molar-refractivity contribution in [3.05, 3.63) is 53.6 Å². The topological polar surface area (TPSA) is 120 Å². The number of amides is 3. The average molecular weight is 612 g/mol. The summed E-state index contributed by atoms with van der Waals surface area (Å²) in [4.78, 5) is 28.1. The van der Waals surface area contributed by atoms with Crippen LogP contribution in [-0.2, 0) is 21.2 Å². The van der Waals surface area contributed by atoms with Crippen LogP contribution in [0.2, 0.25) is 0 Å². The Balaban J connectivity index is 1.23. The molecule has 3 aliphatic rings. The maximum Gasteiger partial charge on any atom is 0.343 e. The van der Waals surface area contributed by atoms with Crippen molar-refractivity contribution < 1.29 is 22.7 Å². The zero-order valence-corrected chi connectivity index (χ0v) is 26.3. The van der Waals surface area contributed by atoms with E-state index in [0.717, 1.165) is 44.6 Å². The number of sulfonamides is 1. The Morgan fingerprint density at radius 3 is 2.35 bits per heavy atom. The molecular formula is C32H45N5O5S. The summed E-state index contributed by atoms with van der Waals surface area (Å²) >= 11 is 0. The highest BCUT2D eigenvalue weighted by Gasteiger charge is 2.37. The van der Waals surface area contributed by atoms with Gasteiger partial charge >= 0.3 is 6.03 Å². The Bertz CT molecular complexity index is 1400. The van der Waals surface area contributed by atoms with Gasteiger partial charge in [0, 0.05) is 31.9 Å².